The first-order valence-electron chi connectivity index (χ1n) is 7.68. The summed E-state index contributed by atoms with van der Waals surface area (Å²) in [5.74, 6) is 0. The summed E-state index contributed by atoms with van der Waals surface area (Å²) >= 11 is 1.54. The quantitative estimate of drug-likeness (QED) is 0.482. The van der Waals surface area contributed by atoms with Crippen LogP contribution >= 0.6 is 11.3 Å². The highest BCUT2D eigenvalue weighted by atomic mass is 32.1. The summed E-state index contributed by atoms with van der Waals surface area (Å²) < 4.78 is 40.8. The van der Waals surface area contributed by atoms with Crippen LogP contribution in [-0.4, -0.2) is 26.5 Å². The number of halogens is 3. The summed E-state index contributed by atoms with van der Waals surface area (Å²) in [4.78, 5) is 3.11. The van der Waals surface area contributed by atoms with Gasteiger partial charge < -0.3 is 10.1 Å². The fraction of sp³-hybridized carbons (Fsp3) is 0.235. The summed E-state index contributed by atoms with van der Waals surface area (Å²) in [7, 11) is 0. The molecule has 3 aromatic heterocycles. The zero-order valence-corrected chi connectivity index (χ0v) is 13.9. The van der Waals surface area contributed by atoms with Crippen LogP contribution in [0.1, 0.15) is 18.9 Å². The lowest BCUT2D eigenvalue weighted by Crippen LogP contribution is -2.41. The molecule has 8 heteroatoms. The van der Waals surface area contributed by atoms with E-state index in [2.05, 4.69) is 15.2 Å². The van der Waals surface area contributed by atoms with Gasteiger partial charge in [0, 0.05) is 10.9 Å². The van der Waals surface area contributed by atoms with Crippen molar-refractivity contribution in [3.8, 4) is 11.4 Å². The van der Waals surface area contributed by atoms with Crippen molar-refractivity contribution in [3.63, 3.8) is 0 Å². The highest BCUT2D eigenvalue weighted by molar-refractivity contribution is 7.17. The van der Waals surface area contributed by atoms with Gasteiger partial charge in [-0.3, -0.25) is 5.10 Å². The summed E-state index contributed by atoms with van der Waals surface area (Å²) in [6.07, 6.45) is -5.19. The third-order valence-electron chi connectivity index (χ3n) is 4.50. The van der Waals surface area contributed by atoms with Gasteiger partial charge >= 0.3 is 6.18 Å². The third kappa shape index (κ3) is 2.36. The van der Waals surface area contributed by atoms with Crippen molar-refractivity contribution in [2.24, 2.45) is 0 Å². The van der Waals surface area contributed by atoms with Gasteiger partial charge in [0.25, 0.3) is 0 Å². The lowest BCUT2D eigenvalue weighted by molar-refractivity contribution is -0.267. The molecule has 3 N–H and O–H groups in total. The minimum absolute atomic E-state index is 0.174. The van der Waals surface area contributed by atoms with Gasteiger partial charge in [0.2, 0.25) is 0 Å². The topological polar surface area (TPSA) is 64.7 Å². The second-order valence-corrected chi connectivity index (χ2v) is 6.85. The SMILES string of the molecule is CCC(O)(c1ccc2cc(-c3n[nH]c4ccsc34)[nH]c2c1)C(F)(F)F. The number of benzene rings is 1. The number of aromatic amines is 2. The molecule has 3 heterocycles. The van der Waals surface area contributed by atoms with Gasteiger partial charge in [0.05, 0.1) is 15.9 Å². The Bertz CT molecular complexity index is 1060. The van der Waals surface area contributed by atoms with Crippen LogP contribution in [0.2, 0.25) is 0 Å². The number of alkyl halides is 3. The molecule has 0 fully saturated rings. The van der Waals surface area contributed by atoms with Crippen LogP contribution < -0.4 is 0 Å². The molecular formula is C17H14F3N3OS. The van der Waals surface area contributed by atoms with Crippen LogP contribution in [0, 0.1) is 0 Å². The maximum Gasteiger partial charge on any atom is 0.421 e. The maximum atomic E-state index is 13.3. The van der Waals surface area contributed by atoms with Crippen molar-refractivity contribution < 1.29 is 18.3 Å². The van der Waals surface area contributed by atoms with E-state index in [1.807, 2.05) is 17.5 Å². The minimum atomic E-state index is -4.74. The Labute approximate surface area is 144 Å². The molecular weight excluding hydrogens is 351 g/mol. The van der Waals surface area contributed by atoms with Crippen LogP contribution in [0.15, 0.2) is 35.7 Å². The Balaban J connectivity index is 1.84. The van der Waals surface area contributed by atoms with Crippen molar-refractivity contribution in [2.75, 3.05) is 0 Å². The average molecular weight is 365 g/mol. The first kappa shape index (κ1) is 16.2. The number of nitrogens with one attached hydrogen (secondary N) is 2. The van der Waals surface area contributed by atoms with Crippen LogP contribution in [0.4, 0.5) is 13.2 Å². The molecule has 0 aliphatic heterocycles. The van der Waals surface area contributed by atoms with Gasteiger partial charge in [-0.25, -0.2) is 0 Å². The zero-order valence-electron chi connectivity index (χ0n) is 13.1. The molecule has 0 saturated carbocycles. The second kappa shape index (κ2) is 5.34. The monoisotopic (exact) mass is 365 g/mol. The van der Waals surface area contributed by atoms with E-state index in [1.54, 1.807) is 6.07 Å². The first-order valence-corrected chi connectivity index (χ1v) is 8.56. The van der Waals surface area contributed by atoms with Gasteiger partial charge in [-0.2, -0.15) is 18.3 Å². The number of fused-ring (bicyclic) bond motifs is 2. The number of nitrogens with zero attached hydrogens (tertiary/aromatic N) is 1. The van der Waals surface area contributed by atoms with E-state index < -0.39 is 18.2 Å². The Morgan fingerprint density at radius 2 is 1.96 bits per heavy atom. The standard InChI is InChI=1S/C17H14F3N3OS/c1-2-16(24,17(18,19)20)10-4-3-9-7-13(21-12(9)8-10)14-15-11(22-23-14)5-6-25-15/h3-8,21,24H,2H2,1H3,(H,22,23). The molecule has 25 heavy (non-hydrogen) atoms. The fourth-order valence-corrected chi connectivity index (χ4v) is 3.86. The summed E-state index contributed by atoms with van der Waals surface area (Å²) in [5, 5.41) is 20.0. The maximum absolute atomic E-state index is 13.3. The van der Waals surface area contributed by atoms with E-state index in [4.69, 9.17) is 0 Å². The van der Waals surface area contributed by atoms with Gasteiger partial charge in [-0.05, 0) is 35.6 Å². The smallest absolute Gasteiger partial charge is 0.376 e. The lowest BCUT2D eigenvalue weighted by atomic mass is 9.90. The number of aliphatic hydroxyl groups is 1. The zero-order chi connectivity index (χ0) is 17.8. The molecule has 0 bridgehead atoms. The van der Waals surface area contributed by atoms with Crippen molar-refractivity contribution in [1.29, 1.82) is 0 Å². The van der Waals surface area contributed by atoms with Crippen LogP contribution in [0.25, 0.3) is 32.5 Å². The van der Waals surface area contributed by atoms with Crippen LogP contribution in [-0.2, 0) is 5.60 Å². The second-order valence-electron chi connectivity index (χ2n) is 5.93. The number of thiophene rings is 1. The molecule has 4 nitrogen and oxygen atoms in total. The van der Waals surface area contributed by atoms with Crippen LogP contribution in [0.5, 0.6) is 0 Å². The molecule has 1 unspecified atom stereocenters. The van der Waals surface area contributed by atoms with Gasteiger partial charge in [0.15, 0.2) is 5.60 Å². The normalized spacial score (nSPS) is 15.1. The van der Waals surface area contributed by atoms with Gasteiger partial charge in [0.1, 0.15) is 5.69 Å². The molecule has 1 atom stereocenters. The Hall–Kier alpha value is -2.32. The lowest BCUT2D eigenvalue weighted by Gasteiger charge is -2.29. The summed E-state index contributed by atoms with van der Waals surface area (Å²) in [6, 6.07) is 8.01. The van der Waals surface area contributed by atoms with E-state index in [0.29, 0.717) is 11.2 Å². The molecule has 0 saturated heterocycles. The largest absolute Gasteiger partial charge is 0.421 e. The molecule has 0 radical (unpaired) electrons. The minimum Gasteiger partial charge on any atom is -0.376 e. The highest BCUT2D eigenvalue weighted by Gasteiger charge is 2.53. The summed E-state index contributed by atoms with van der Waals surface area (Å²) in [5.41, 5.74) is -0.156. The number of hydrogen-bond donors (Lipinski definition) is 3. The molecule has 4 rings (SSSR count). The number of aromatic nitrogens is 3. The van der Waals surface area contributed by atoms with Crippen LogP contribution in [0.3, 0.4) is 0 Å². The molecule has 0 aliphatic carbocycles. The average Bonchev–Trinajstić information content (AvgIpc) is 3.26. The number of H-pyrrole nitrogens is 2. The molecule has 0 aliphatic rings. The Morgan fingerprint density at radius 3 is 2.68 bits per heavy atom. The van der Waals surface area contributed by atoms with E-state index >= 15 is 0 Å². The van der Waals surface area contributed by atoms with Crippen molar-refractivity contribution in [2.45, 2.75) is 25.1 Å². The van der Waals surface area contributed by atoms with Crippen molar-refractivity contribution in [1.82, 2.24) is 15.2 Å². The number of hydrogen-bond acceptors (Lipinski definition) is 3. The van der Waals surface area contributed by atoms with E-state index in [0.717, 1.165) is 21.3 Å². The van der Waals surface area contributed by atoms with Crippen molar-refractivity contribution >= 4 is 32.5 Å². The van der Waals surface area contributed by atoms with E-state index in [-0.39, 0.29) is 5.56 Å². The van der Waals surface area contributed by atoms with Gasteiger partial charge in [-0.1, -0.05) is 19.1 Å². The molecule has 1 aromatic carbocycles. The summed E-state index contributed by atoms with van der Waals surface area (Å²) in [6.45, 7) is 1.31. The predicted molar refractivity (Wildman–Crippen MR) is 91.5 cm³/mol. The fourth-order valence-electron chi connectivity index (χ4n) is 3.01. The first-order chi connectivity index (χ1) is 11.8. The third-order valence-corrected chi connectivity index (χ3v) is 5.43. The van der Waals surface area contributed by atoms with Gasteiger partial charge in [-0.15, -0.1) is 11.3 Å². The van der Waals surface area contributed by atoms with E-state index in [1.165, 1.54) is 30.4 Å². The Kier molecular flexibility index (Phi) is 3.45. The van der Waals surface area contributed by atoms with Crippen molar-refractivity contribution in [3.05, 3.63) is 41.3 Å². The predicted octanol–water partition coefficient (Wildman–Crippen LogP) is 4.93. The Morgan fingerprint density at radius 1 is 1.16 bits per heavy atom. The number of rotatable bonds is 3. The molecule has 0 spiro atoms. The molecule has 130 valence electrons. The highest BCUT2D eigenvalue weighted by Crippen LogP contribution is 2.42. The molecule has 4 aromatic rings. The molecule has 0 amide bonds. The van der Waals surface area contributed by atoms with E-state index in [9.17, 15) is 18.3 Å².